The summed E-state index contributed by atoms with van der Waals surface area (Å²) in [5.41, 5.74) is 3.12. The average Bonchev–Trinajstić information content (AvgIpc) is 2.64. The van der Waals surface area contributed by atoms with Gasteiger partial charge in [-0.15, -0.1) is 11.3 Å². The van der Waals surface area contributed by atoms with Gasteiger partial charge in [0.05, 0.1) is 17.5 Å². The molecule has 0 aromatic carbocycles. The number of aryl methyl sites for hydroxylation is 2. The number of hydrogen-bond acceptors (Lipinski definition) is 3. The number of imidazole rings is 1. The second kappa shape index (κ2) is 3.28. The molecule has 3 nitrogen and oxygen atoms in total. The van der Waals surface area contributed by atoms with Crippen molar-refractivity contribution >= 4 is 22.4 Å². The van der Waals surface area contributed by atoms with E-state index in [0.717, 1.165) is 22.0 Å². The molecule has 4 heteroatoms. The summed E-state index contributed by atoms with van der Waals surface area (Å²) in [7, 11) is 0. The van der Waals surface area contributed by atoms with E-state index in [1.165, 1.54) is 6.08 Å². The highest BCUT2D eigenvalue weighted by Gasteiger charge is 2.08. The van der Waals surface area contributed by atoms with E-state index in [1.54, 1.807) is 17.4 Å². The van der Waals surface area contributed by atoms with Crippen LogP contribution in [-0.2, 0) is 0 Å². The lowest BCUT2D eigenvalue weighted by Crippen LogP contribution is -1.87. The predicted molar refractivity (Wildman–Crippen MR) is 57.2 cm³/mol. The van der Waals surface area contributed by atoms with E-state index in [4.69, 9.17) is 5.26 Å². The molecule has 0 N–H and O–H groups in total. The van der Waals surface area contributed by atoms with Gasteiger partial charge in [-0.2, -0.15) is 5.26 Å². The third-order valence-electron chi connectivity index (χ3n) is 2.07. The topological polar surface area (TPSA) is 41.1 Å². The quantitative estimate of drug-likeness (QED) is 0.668. The van der Waals surface area contributed by atoms with Gasteiger partial charge in [0.1, 0.15) is 0 Å². The minimum Gasteiger partial charge on any atom is -0.288 e. The van der Waals surface area contributed by atoms with Crippen LogP contribution in [0.25, 0.3) is 11.0 Å². The van der Waals surface area contributed by atoms with Crippen LogP contribution in [0.3, 0.4) is 0 Å². The largest absolute Gasteiger partial charge is 0.288 e. The van der Waals surface area contributed by atoms with Gasteiger partial charge in [-0.1, -0.05) is 0 Å². The van der Waals surface area contributed by atoms with Gasteiger partial charge in [-0.05, 0) is 19.9 Å². The van der Waals surface area contributed by atoms with Crippen LogP contribution in [0.1, 0.15) is 17.1 Å². The van der Waals surface area contributed by atoms with Gasteiger partial charge in [-0.3, -0.25) is 4.40 Å². The van der Waals surface area contributed by atoms with Gasteiger partial charge in [0, 0.05) is 17.2 Å². The summed E-state index contributed by atoms with van der Waals surface area (Å²) in [5.74, 6) is 0. The van der Waals surface area contributed by atoms with Crippen LogP contribution in [0, 0.1) is 25.2 Å². The highest BCUT2D eigenvalue weighted by molar-refractivity contribution is 7.15. The van der Waals surface area contributed by atoms with E-state index in [2.05, 4.69) is 14.8 Å². The fraction of sp³-hybridized carbons (Fsp3) is 0.200. The minimum absolute atomic E-state index is 0.964. The van der Waals surface area contributed by atoms with E-state index in [1.807, 2.05) is 19.9 Å². The van der Waals surface area contributed by atoms with Crippen LogP contribution in [0.2, 0.25) is 0 Å². The van der Waals surface area contributed by atoms with Gasteiger partial charge in [0.2, 0.25) is 0 Å². The third-order valence-corrected chi connectivity index (χ3v) is 3.01. The van der Waals surface area contributed by atoms with Crippen LogP contribution in [0.15, 0.2) is 11.5 Å². The Bertz CT molecular complexity index is 539. The van der Waals surface area contributed by atoms with Crippen molar-refractivity contribution in [1.29, 1.82) is 5.26 Å². The van der Waals surface area contributed by atoms with E-state index in [0.29, 0.717) is 0 Å². The Hall–Kier alpha value is -1.60. The molecule has 0 atom stereocenters. The smallest absolute Gasteiger partial charge is 0.194 e. The van der Waals surface area contributed by atoms with Crippen molar-refractivity contribution in [1.82, 2.24) is 9.38 Å². The SMILES string of the molecule is Cc1nc2scc(C)n2c1/C=C/C#N. The first-order valence-electron chi connectivity index (χ1n) is 4.23. The fourth-order valence-corrected chi connectivity index (χ4v) is 2.36. The number of aromatic nitrogens is 2. The number of nitrogens with zero attached hydrogens (tertiary/aromatic N) is 3. The fourth-order valence-electron chi connectivity index (χ4n) is 1.44. The second-order valence-corrected chi connectivity index (χ2v) is 3.88. The van der Waals surface area contributed by atoms with Crippen molar-refractivity contribution in [2.75, 3.05) is 0 Å². The molecule has 2 rings (SSSR count). The first kappa shape index (κ1) is 8.97. The number of fused-ring (bicyclic) bond motifs is 1. The summed E-state index contributed by atoms with van der Waals surface area (Å²) in [6, 6.07) is 1.99. The van der Waals surface area contributed by atoms with E-state index in [9.17, 15) is 0 Å². The maximum Gasteiger partial charge on any atom is 0.194 e. The van der Waals surface area contributed by atoms with Crippen LogP contribution < -0.4 is 0 Å². The lowest BCUT2D eigenvalue weighted by molar-refractivity contribution is 1.11. The Morgan fingerprint density at radius 3 is 3.07 bits per heavy atom. The van der Waals surface area contributed by atoms with E-state index >= 15 is 0 Å². The molecule has 0 radical (unpaired) electrons. The van der Waals surface area contributed by atoms with Gasteiger partial charge >= 0.3 is 0 Å². The van der Waals surface area contributed by atoms with E-state index < -0.39 is 0 Å². The Kier molecular flexibility index (Phi) is 2.10. The Morgan fingerprint density at radius 2 is 2.36 bits per heavy atom. The number of nitriles is 1. The summed E-state index contributed by atoms with van der Waals surface area (Å²) < 4.78 is 2.06. The number of allylic oxidation sites excluding steroid dienone is 1. The molecular formula is C10H9N3S. The zero-order valence-corrected chi connectivity index (χ0v) is 8.80. The molecular weight excluding hydrogens is 194 g/mol. The lowest BCUT2D eigenvalue weighted by Gasteiger charge is -1.94. The standard InChI is InChI=1S/C10H9N3S/c1-7-6-14-10-12-8(2)9(13(7)10)4-3-5-11/h3-4,6H,1-2H3/b4-3+. The lowest BCUT2D eigenvalue weighted by atomic mass is 10.3. The normalized spacial score (nSPS) is 11.2. The molecule has 0 aliphatic heterocycles. The maximum atomic E-state index is 8.48. The van der Waals surface area contributed by atoms with Gasteiger partial charge in [-0.25, -0.2) is 4.98 Å². The first-order chi connectivity index (χ1) is 6.74. The molecule has 0 aliphatic carbocycles. The zero-order valence-electron chi connectivity index (χ0n) is 7.98. The van der Waals surface area contributed by atoms with Crippen molar-refractivity contribution in [2.24, 2.45) is 0 Å². The van der Waals surface area contributed by atoms with Crippen molar-refractivity contribution in [3.8, 4) is 6.07 Å². The zero-order chi connectivity index (χ0) is 10.1. The van der Waals surface area contributed by atoms with Crippen molar-refractivity contribution in [2.45, 2.75) is 13.8 Å². The second-order valence-electron chi connectivity index (χ2n) is 3.04. The molecule has 14 heavy (non-hydrogen) atoms. The Labute approximate surface area is 85.9 Å². The summed E-state index contributed by atoms with van der Waals surface area (Å²) in [6.07, 6.45) is 3.28. The highest BCUT2D eigenvalue weighted by atomic mass is 32.1. The molecule has 0 fully saturated rings. The number of hydrogen-bond donors (Lipinski definition) is 0. The molecule has 0 amide bonds. The van der Waals surface area contributed by atoms with Crippen molar-refractivity contribution < 1.29 is 0 Å². The predicted octanol–water partition coefficient (Wildman–Crippen LogP) is 2.55. The van der Waals surface area contributed by atoms with Crippen LogP contribution >= 0.6 is 11.3 Å². The number of rotatable bonds is 1. The summed E-state index contributed by atoms with van der Waals surface area (Å²) in [5, 5.41) is 10.5. The molecule has 0 bridgehead atoms. The van der Waals surface area contributed by atoms with Gasteiger partial charge in [0.15, 0.2) is 4.96 Å². The monoisotopic (exact) mass is 203 g/mol. The van der Waals surface area contributed by atoms with Gasteiger partial charge < -0.3 is 0 Å². The van der Waals surface area contributed by atoms with E-state index in [-0.39, 0.29) is 0 Å². The minimum atomic E-state index is 0.964. The molecule has 0 saturated heterocycles. The van der Waals surface area contributed by atoms with Crippen molar-refractivity contribution in [3.63, 3.8) is 0 Å². The molecule has 0 aliphatic rings. The molecule has 2 aromatic heterocycles. The highest BCUT2D eigenvalue weighted by Crippen LogP contribution is 2.21. The van der Waals surface area contributed by atoms with Crippen LogP contribution in [0.4, 0.5) is 0 Å². The Morgan fingerprint density at radius 1 is 1.57 bits per heavy atom. The van der Waals surface area contributed by atoms with Gasteiger partial charge in [0.25, 0.3) is 0 Å². The first-order valence-corrected chi connectivity index (χ1v) is 5.11. The molecule has 0 unspecified atom stereocenters. The van der Waals surface area contributed by atoms with Crippen LogP contribution in [0.5, 0.6) is 0 Å². The van der Waals surface area contributed by atoms with Crippen LogP contribution in [-0.4, -0.2) is 9.38 Å². The number of thiazole rings is 1. The molecule has 2 heterocycles. The molecule has 2 aromatic rings. The Balaban J connectivity index is 2.72. The molecule has 0 spiro atoms. The summed E-state index contributed by atoms with van der Waals surface area (Å²) in [6.45, 7) is 3.99. The maximum absolute atomic E-state index is 8.48. The molecule has 70 valence electrons. The third kappa shape index (κ3) is 1.22. The molecule has 0 saturated carbocycles. The summed E-state index contributed by atoms with van der Waals surface area (Å²) in [4.78, 5) is 5.39. The van der Waals surface area contributed by atoms with Crippen molar-refractivity contribution in [3.05, 3.63) is 28.5 Å². The average molecular weight is 203 g/mol. The summed E-state index contributed by atoms with van der Waals surface area (Å²) >= 11 is 1.62.